The fourth-order valence-corrected chi connectivity index (χ4v) is 4.37. The highest BCUT2D eigenvalue weighted by Crippen LogP contribution is 2.35. The number of hydrogen-bond acceptors (Lipinski definition) is 5. The van der Waals surface area contributed by atoms with Crippen LogP contribution in [0.3, 0.4) is 0 Å². The van der Waals surface area contributed by atoms with Gasteiger partial charge in [-0.2, -0.15) is 23.5 Å². The lowest BCUT2D eigenvalue weighted by atomic mass is 10.0. The van der Waals surface area contributed by atoms with Gasteiger partial charge in [-0.1, -0.05) is 0 Å². The molecule has 2 amide bonds. The fraction of sp³-hybridized carbons (Fsp3) is 0.500. The summed E-state index contributed by atoms with van der Waals surface area (Å²) in [6, 6.07) is 6.28. The SMILES string of the molecule is Cc1cc(C)n(CCC(=O)N2CCN(c3ccc(C#N)c(C(F)(F)F)c3)CC2C(=O)NC2CC2)n1. The number of aromatic nitrogens is 2. The number of anilines is 1. The number of carbonyl (C=O) groups excluding carboxylic acids is 2. The molecule has 1 aliphatic heterocycles. The number of carbonyl (C=O) groups is 2. The van der Waals surface area contributed by atoms with Gasteiger partial charge in [0.15, 0.2) is 0 Å². The average Bonchev–Trinajstić information content (AvgIpc) is 3.57. The number of nitrogens with one attached hydrogen (secondary N) is 1. The molecule has 186 valence electrons. The summed E-state index contributed by atoms with van der Waals surface area (Å²) >= 11 is 0. The van der Waals surface area contributed by atoms with Crippen molar-refractivity contribution >= 4 is 17.5 Å². The van der Waals surface area contributed by atoms with Crippen LogP contribution in [0, 0.1) is 25.2 Å². The highest BCUT2D eigenvalue weighted by molar-refractivity contribution is 5.89. The van der Waals surface area contributed by atoms with E-state index in [2.05, 4.69) is 10.4 Å². The summed E-state index contributed by atoms with van der Waals surface area (Å²) < 4.78 is 42.1. The van der Waals surface area contributed by atoms with E-state index >= 15 is 0 Å². The maximum Gasteiger partial charge on any atom is 0.417 e. The van der Waals surface area contributed by atoms with E-state index in [9.17, 15) is 22.8 Å². The van der Waals surface area contributed by atoms with Crippen LogP contribution >= 0.6 is 0 Å². The Morgan fingerprint density at radius 1 is 1.20 bits per heavy atom. The smallest absolute Gasteiger partial charge is 0.367 e. The molecule has 4 rings (SSSR count). The maximum absolute atomic E-state index is 13.5. The molecule has 1 saturated heterocycles. The van der Waals surface area contributed by atoms with Gasteiger partial charge < -0.3 is 15.1 Å². The van der Waals surface area contributed by atoms with Crippen LogP contribution in [-0.2, 0) is 22.3 Å². The van der Waals surface area contributed by atoms with Gasteiger partial charge in [-0.25, -0.2) is 0 Å². The number of benzene rings is 1. The van der Waals surface area contributed by atoms with Crippen molar-refractivity contribution in [3.05, 3.63) is 46.8 Å². The van der Waals surface area contributed by atoms with E-state index in [0.29, 0.717) is 6.54 Å². The van der Waals surface area contributed by atoms with Crippen LogP contribution in [0.15, 0.2) is 24.3 Å². The van der Waals surface area contributed by atoms with Crippen molar-refractivity contribution in [2.75, 3.05) is 24.5 Å². The Kier molecular flexibility index (Phi) is 6.74. The second-order valence-corrected chi connectivity index (χ2v) is 9.07. The zero-order valence-electron chi connectivity index (χ0n) is 19.6. The van der Waals surface area contributed by atoms with Crippen LogP contribution < -0.4 is 10.2 Å². The van der Waals surface area contributed by atoms with E-state index in [4.69, 9.17) is 5.26 Å². The molecule has 1 N–H and O–H groups in total. The van der Waals surface area contributed by atoms with Crippen molar-refractivity contribution in [1.29, 1.82) is 5.26 Å². The van der Waals surface area contributed by atoms with Crippen molar-refractivity contribution in [2.24, 2.45) is 0 Å². The normalized spacial score (nSPS) is 18.3. The van der Waals surface area contributed by atoms with E-state index < -0.39 is 23.3 Å². The summed E-state index contributed by atoms with van der Waals surface area (Å²) in [5.41, 5.74) is 0.577. The Balaban J connectivity index is 1.53. The summed E-state index contributed by atoms with van der Waals surface area (Å²) in [4.78, 5) is 29.3. The van der Waals surface area contributed by atoms with E-state index in [-0.39, 0.29) is 49.6 Å². The van der Waals surface area contributed by atoms with Gasteiger partial charge in [0.1, 0.15) is 6.04 Å². The molecule has 2 fully saturated rings. The first-order valence-electron chi connectivity index (χ1n) is 11.5. The number of rotatable bonds is 6. The third-order valence-corrected chi connectivity index (χ3v) is 6.36. The summed E-state index contributed by atoms with van der Waals surface area (Å²) in [6.45, 7) is 4.67. The molecule has 0 radical (unpaired) electrons. The molecule has 1 unspecified atom stereocenters. The molecule has 8 nitrogen and oxygen atoms in total. The predicted octanol–water partition coefficient (Wildman–Crippen LogP) is 2.78. The lowest BCUT2D eigenvalue weighted by Gasteiger charge is -2.42. The molecule has 2 aliphatic rings. The van der Waals surface area contributed by atoms with Crippen molar-refractivity contribution in [2.45, 2.75) is 57.9 Å². The third-order valence-electron chi connectivity index (χ3n) is 6.36. The fourth-order valence-electron chi connectivity index (χ4n) is 4.37. The lowest BCUT2D eigenvalue weighted by Crippen LogP contribution is -2.61. The lowest BCUT2D eigenvalue weighted by molar-refractivity contribution is -0.141. The van der Waals surface area contributed by atoms with Gasteiger partial charge in [-0.15, -0.1) is 0 Å². The molecule has 1 aromatic carbocycles. The van der Waals surface area contributed by atoms with E-state index in [0.717, 1.165) is 36.4 Å². The molecule has 1 saturated carbocycles. The molecule has 0 bridgehead atoms. The molecular weight excluding hydrogens is 461 g/mol. The van der Waals surface area contributed by atoms with E-state index in [1.165, 1.54) is 11.0 Å². The second kappa shape index (κ2) is 9.60. The molecule has 2 heterocycles. The monoisotopic (exact) mass is 488 g/mol. The molecule has 35 heavy (non-hydrogen) atoms. The first kappa shape index (κ1) is 24.6. The van der Waals surface area contributed by atoms with Gasteiger partial charge in [0, 0.05) is 50.0 Å². The molecule has 0 spiro atoms. The molecule has 1 aromatic heterocycles. The van der Waals surface area contributed by atoms with Crippen LogP contribution in [-0.4, -0.2) is 58.2 Å². The number of amides is 2. The minimum absolute atomic E-state index is 0.0629. The van der Waals surface area contributed by atoms with Crippen molar-refractivity contribution in [3.63, 3.8) is 0 Å². The third kappa shape index (κ3) is 5.58. The number of halogens is 3. The first-order chi connectivity index (χ1) is 16.6. The predicted molar refractivity (Wildman–Crippen MR) is 121 cm³/mol. The molecular formula is C24H27F3N6O2. The van der Waals surface area contributed by atoms with Crippen LogP contribution in [0.25, 0.3) is 0 Å². The highest BCUT2D eigenvalue weighted by Gasteiger charge is 2.39. The van der Waals surface area contributed by atoms with Gasteiger partial charge >= 0.3 is 6.18 Å². The minimum atomic E-state index is -4.68. The number of nitriles is 1. The van der Waals surface area contributed by atoms with Gasteiger partial charge in [-0.05, 0) is 51.0 Å². The maximum atomic E-state index is 13.5. The second-order valence-electron chi connectivity index (χ2n) is 9.07. The summed E-state index contributed by atoms with van der Waals surface area (Å²) in [6.07, 6.45) is -2.77. The molecule has 1 aliphatic carbocycles. The number of nitrogens with zero attached hydrogens (tertiary/aromatic N) is 5. The van der Waals surface area contributed by atoms with Crippen LogP contribution in [0.5, 0.6) is 0 Å². The van der Waals surface area contributed by atoms with Gasteiger partial charge in [0.25, 0.3) is 0 Å². The van der Waals surface area contributed by atoms with Gasteiger partial charge in [0.05, 0.1) is 22.9 Å². The van der Waals surface area contributed by atoms with Crippen LogP contribution in [0.4, 0.5) is 18.9 Å². The van der Waals surface area contributed by atoms with Gasteiger partial charge in [-0.3, -0.25) is 14.3 Å². The number of hydrogen-bond donors (Lipinski definition) is 1. The molecule has 2 aromatic rings. The standard InChI is InChI=1S/C24H27F3N6O2/c1-15-11-16(2)33(30-15)8-7-22(34)32-10-9-31(14-21(32)23(35)29-18-4-5-18)19-6-3-17(13-28)20(12-19)24(25,26)27/h3,6,11-12,18,21H,4-5,7-10,14H2,1-2H3,(H,29,35). The van der Waals surface area contributed by atoms with E-state index in [1.54, 1.807) is 15.7 Å². The Morgan fingerprint density at radius 2 is 1.94 bits per heavy atom. The topological polar surface area (TPSA) is 94.3 Å². The van der Waals surface area contributed by atoms with Crippen LogP contribution in [0.1, 0.15) is 41.8 Å². The zero-order chi connectivity index (χ0) is 25.3. The van der Waals surface area contributed by atoms with Gasteiger partial charge in [0.2, 0.25) is 11.8 Å². The Hall–Kier alpha value is -3.55. The Labute approximate surface area is 201 Å². The van der Waals surface area contributed by atoms with Crippen molar-refractivity contribution in [3.8, 4) is 6.07 Å². The largest absolute Gasteiger partial charge is 0.417 e. The number of aryl methyl sites for hydroxylation is 3. The number of piperazine rings is 1. The molecule has 1 atom stereocenters. The van der Waals surface area contributed by atoms with Crippen molar-refractivity contribution < 1.29 is 22.8 Å². The first-order valence-corrected chi connectivity index (χ1v) is 11.5. The summed E-state index contributed by atoms with van der Waals surface area (Å²) in [5, 5.41) is 16.4. The quantitative estimate of drug-likeness (QED) is 0.675. The summed E-state index contributed by atoms with van der Waals surface area (Å²) in [5.74, 6) is -0.509. The Morgan fingerprint density at radius 3 is 2.54 bits per heavy atom. The Bertz CT molecular complexity index is 1160. The highest BCUT2D eigenvalue weighted by atomic mass is 19.4. The number of alkyl halides is 3. The van der Waals surface area contributed by atoms with Crippen LogP contribution in [0.2, 0.25) is 0 Å². The molecule has 11 heteroatoms. The minimum Gasteiger partial charge on any atom is -0.367 e. The van der Waals surface area contributed by atoms with Crippen molar-refractivity contribution in [1.82, 2.24) is 20.0 Å². The zero-order valence-corrected chi connectivity index (χ0v) is 19.6. The average molecular weight is 489 g/mol. The van der Waals surface area contributed by atoms with E-state index in [1.807, 2.05) is 19.9 Å². The summed E-state index contributed by atoms with van der Waals surface area (Å²) in [7, 11) is 0.